The van der Waals surface area contributed by atoms with Crippen LogP contribution in [-0.4, -0.2) is 43.1 Å². The van der Waals surface area contributed by atoms with E-state index in [1.807, 2.05) is 42.5 Å². The number of carbonyl (C=O) groups is 1. The van der Waals surface area contributed by atoms with Crippen molar-refractivity contribution in [3.05, 3.63) is 90.5 Å². The Kier molecular flexibility index (Phi) is 6.85. The fourth-order valence-electron chi connectivity index (χ4n) is 3.76. The zero-order valence-electron chi connectivity index (χ0n) is 17.9. The highest BCUT2D eigenvalue weighted by atomic mass is 16.5. The summed E-state index contributed by atoms with van der Waals surface area (Å²) in [6.07, 6.45) is -0.567. The first-order chi connectivity index (χ1) is 15.2. The van der Waals surface area contributed by atoms with Crippen LogP contribution in [-0.2, 0) is 11.3 Å². The van der Waals surface area contributed by atoms with Crippen LogP contribution in [0.3, 0.4) is 0 Å². The maximum Gasteiger partial charge on any atom is 0.265 e. The standard InChI is InChI=1S/C26H29N3O2/c1-21(31-25-10-6-3-7-11-25)26(30)27-23-14-12-22(13-15-23)20-28-16-18-29(19-17-28)24-8-4-2-5-9-24/h2-15,21H,16-20H2,1H3,(H,27,30). The lowest BCUT2D eigenvalue weighted by molar-refractivity contribution is -0.122. The third kappa shape index (κ3) is 5.86. The van der Waals surface area contributed by atoms with E-state index in [1.165, 1.54) is 11.3 Å². The van der Waals surface area contributed by atoms with Crippen molar-refractivity contribution in [2.75, 3.05) is 36.4 Å². The van der Waals surface area contributed by atoms with Gasteiger partial charge in [0.15, 0.2) is 6.10 Å². The second-order valence-corrected chi connectivity index (χ2v) is 7.86. The molecule has 1 amide bonds. The van der Waals surface area contributed by atoms with Crippen LogP contribution in [0.2, 0.25) is 0 Å². The molecule has 0 saturated carbocycles. The van der Waals surface area contributed by atoms with Gasteiger partial charge in [-0.3, -0.25) is 9.69 Å². The number of nitrogens with zero attached hydrogens (tertiary/aromatic N) is 2. The van der Waals surface area contributed by atoms with Crippen LogP contribution in [0.5, 0.6) is 5.75 Å². The van der Waals surface area contributed by atoms with E-state index in [0.29, 0.717) is 5.75 Å². The van der Waals surface area contributed by atoms with Gasteiger partial charge in [0.1, 0.15) is 5.75 Å². The average molecular weight is 416 g/mol. The molecule has 3 aromatic carbocycles. The fraction of sp³-hybridized carbons (Fsp3) is 0.269. The first kappa shape index (κ1) is 20.9. The molecule has 0 bridgehead atoms. The summed E-state index contributed by atoms with van der Waals surface area (Å²) in [5.41, 5.74) is 3.33. The molecular formula is C26H29N3O2. The molecule has 160 valence electrons. The lowest BCUT2D eigenvalue weighted by atomic mass is 10.1. The topological polar surface area (TPSA) is 44.8 Å². The van der Waals surface area contributed by atoms with E-state index in [2.05, 4.69) is 57.6 Å². The van der Waals surface area contributed by atoms with Crippen LogP contribution < -0.4 is 15.0 Å². The van der Waals surface area contributed by atoms with E-state index >= 15 is 0 Å². The van der Waals surface area contributed by atoms with Crippen molar-refractivity contribution in [2.24, 2.45) is 0 Å². The largest absolute Gasteiger partial charge is 0.481 e. The number of nitrogens with one attached hydrogen (secondary N) is 1. The quantitative estimate of drug-likeness (QED) is 0.621. The molecule has 1 aliphatic rings. The number of carbonyl (C=O) groups excluding carboxylic acids is 1. The maximum absolute atomic E-state index is 12.4. The summed E-state index contributed by atoms with van der Waals surface area (Å²) in [5.74, 6) is 0.529. The SMILES string of the molecule is CC(Oc1ccccc1)C(=O)Nc1ccc(CN2CCN(c3ccccc3)CC2)cc1. The van der Waals surface area contributed by atoms with E-state index in [9.17, 15) is 4.79 Å². The minimum atomic E-state index is -0.567. The monoisotopic (exact) mass is 415 g/mol. The van der Waals surface area contributed by atoms with Gasteiger partial charge >= 0.3 is 0 Å². The summed E-state index contributed by atoms with van der Waals surface area (Å²) in [4.78, 5) is 17.3. The van der Waals surface area contributed by atoms with Gasteiger partial charge in [0, 0.05) is 44.1 Å². The number of amides is 1. The highest BCUT2D eigenvalue weighted by Crippen LogP contribution is 2.18. The Labute approximate surface area is 184 Å². The molecule has 1 heterocycles. The van der Waals surface area contributed by atoms with Crippen LogP contribution in [0.15, 0.2) is 84.9 Å². The zero-order chi connectivity index (χ0) is 21.5. The molecule has 0 aliphatic carbocycles. The molecule has 4 rings (SSSR count). The Morgan fingerprint density at radius 2 is 1.48 bits per heavy atom. The molecule has 3 aromatic rings. The van der Waals surface area contributed by atoms with Gasteiger partial charge in [0.05, 0.1) is 0 Å². The summed E-state index contributed by atoms with van der Waals surface area (Å²) in [7, 11) is 0. The van der Waals surface area contributed by atoms with E-state index in [0.717, 1.165) is 38.4 Å². The minimum Gasteiger partial charge on any atom is -0.481 e. The lowest BCUT2D eigenvalue weighted by Gasteiger charge is -2.36. The van der Waals surface area contributed by atoms with Crippen molar-refractivity contribution in [3.8, 4) is 5.75 Å². The number of para-hydroxylation sites is 2. The van der Waals surface area contributed by atoms with Gasteiger partial charge in [-0.15, -0.1) is 0 Å². The number of anilines is 2. The molecule has 1 atom stereocenters. The number of ether oxygens (including phenoxy) is 1. The van der Waals surface area contributed by atoms with Crippen LogP contribution in [0.1, 0.15) is 12.5 Å². The molecule has 0 radical (unpaired) electrons. The van der Waals surface area contributed by atoms with Gasteiger partial charge in [-0.1, -0.05) is 48.5 Å². The van der Waals surface area contributed by atoms with Gasteiger partial charge in [0.25, 0.3) is 5.91 Å². The summed E-state index contributed by atoms with van der Waals surface area (Å²) >= 11 is 0. The molecular weight excluding hydrogens is 386 g/mol. The third-order valence-corrected chi connectivity index (χ3v) is 5.55. The molecule has 1 N–H and O–H groups in total. The summed E-state index contributed by atoms with van der Waals surface area (Å²) < 4.78 is 5.69. The number of hydrogen-bond acceptors (Lipinski definition) is 4. The highest BCUT2D eigenvalue weighted by Gasteiger charge is 2.18. The maximum atomic E-state index is 12.4. The molecule has 1 fully saturated rings. The fourth-order valence-corrected chi connectivity index (χ4v) is 3.76. The zero-order valence-corrected chi connectivity index (χ0v) is 17.9. The van der Waals surface area contributed by atoms with Gasteiger partial charge in [-0.25, -0.2) is 0 Å². The molecule has 0 aromatic heterocycles. The highest BCUT2D eigenvalue weighted by molar-refractivity contribution is 5.94. The van der Waals surface area contributed by atoms with Crippen molar-refractivity contribution < 1.29 is 9.53 Å². The summed E-state index contributed by atoms with van der Waals surface area (Å²) in [6, 6.07) is 28.1. The minimum absolute atomic E-state index is 0.159. The number of benzene rings is 3. The van der Waals surface area contributed by atoms with Gasteiger partial charge in [0.2, 0.25) is 0 Å². The number of rotatable bonds is 7. The van der Waals surface area contributed by atoms with Crippen molar-refractivity contribution in [2.45, 2.75) is 19.6 Å². The Bertz CT molecular complexity index is 953. The van der Waals surface area contributed by atoms with Gasteiger partial charge in [-0.2, -0.15) is 0 Å². The molecule has 1 saturated heterocycles. The second kappa shape index (κ2) is 10.1. The summed E-state index contributed by atoms with van der Waals surface area (Å²) in [5, 5.41) is 2.93. The molecule has 0 spiro atoms. The Hall–Kier alpha value is -3.31. The molecule has 1 aliphatic heterocycles. The number of hydrogen-bond donors (Lipinski definition) is 1. The van der Waals surface area contributed by atoms with Crippen molar-refractivity contribution in [1.82, 2.24) is 4.90 Å². The van der Waals surface area contributed by atoms with Crippen LogP contribution in [0, 0.1) is 0 Å². The lowest BCUT2D eigenvalue weighted by Crippen LogP contribution is -2.45. The molecule has 1 unspecified atom stereocenters. The van der Waals surface area contributed by atoms with E-state index < -0.39 is 6.10 Å². The second-order valence-electron chi connectivity index (χ2n) is 7.86. The summed E-state index contributed by atoms with van der Waals surface area (Å²) in [6.45, 7) is 6.84. The molecule has 31 heavy (non-hydrogen) atoms. The van der Waals surface area contributed by atoms with Crippen LogP contribution >= 0.6 is 0 Å². The van der Waals surface area contributed by atoms with E-state index in [1.54, 1.807) is 6.92 Å². The third-order valence-electron chi connectivity index (χ3n) is 5.55. The normalized spacial score (nSPS) is 15.3. The van der Waals surface area contributed by atoms with Crippen LogP contribution in [0.4, 0.5) is 11.4 Å². The van der Waals surface area contributed by atoms with E-state index in [4.69, 9.17) is 4.74 Å². The van der Waals surface area contributed by atoms with Crippen molar-refractivity contribution >= 4 is 17.3 Å². The predicted octanol–water partition coefficient (Wildman–Crippen LogP) is 4.41. The van der Waals surface area contributed by atoms with Crippen molar-refractivity contribution in [1.29, 1.82) is 0 Å². The number of piperazine rings is 1. The van der Waals surface area contributed by atoms with Crippen LogP contribution in [0.25, 0.3) is 0 Å². The van der Waals surface area contributed by atoms with Gasteiger partial charge in [-0.05, 0) is 48.9 Å². The molecule has 5 heteroatoms. The first-order valence-electron chi connectivity index (χ1n) is 10.8. The first-order valence-corrected chi connectivity index (χ1v) is 10.8. The Balaban J connectivity index is 1.24. The molecule has 5 nitrogen and oxygen atoms in total. The van der Waals surface area contributed by atoms with E-state index in [-0.39, 0.29) is 5.91 Å². The average Bonchev–Trinajstić information content (AvgIpc) is 2.82. The Morgan fingerprint density at radius 1 is 0.871 bits per heavy atom. The smallest absolute Gasteiger partial charge is 0.265 e. The van der Waals surface area contributed by atoms with Gasteiger partial charge < -0.3 is 15.0 Å². The Morgan fingerprint density at radius 3 is 2.13 bits per heavy atom. The van der Waals surface area contributed by atoms with Crippen molar-refractivity contribution in [3.63, 3.8) is 0 Å². The predicted molar refractivity (Wildman–Crippen MR) is 126 cm³/mol.